The zero-order chi connectivity index (χ0) is 17.1. The van der Waals surface area contributed by atoms with Crippen molar-refractivity contribution in [3.05, 3.63) is 29.8 Å². The average molecular weight is 330 g/mol. The standard InChI is InChI=1S/C19H30N4O/c1-15-14-20-10-13-23(15)18(19(24)22-11-4-5-12-22)16-6-8-17(9-7-16)21(2)3/h6-9,15,18,20H,4-5,10-14H2,1-3H3. The first-order valence-corrected chi connectivity index (χ1v) is 9.10. The fourth-order valence-electron chi connectivity index (χ4n) is 3.78. The molecule has 2 saturated heterocycles. The van der Waals surface area contributed by atoms with E-state index in [2.05, 4.69) is 51.2 Å². The van der Waals surface area contributed by atoms with Crippen molar-refractivity contribution in [2.75, 3.05) is 51.7 Å². The van der Waals surface area contributed by atoms with E-state index in [1.165, 1.54) is 5.69 Å². The molecule has 0 aliphatic carbocycles. The number of carbonyl (C=O) groups is 1. The van der Waals surface area contributed by atoms with Gasteiger partial charge in [-0.25, -0.2) is 0 Å². The van der Waals surface area contributed by atoms with Crippen LogP contribution in [0.3, 0.4) is 0 Å². The largest absolute Gasteiger partial charge is 0.378 e. The molecular weight excluding hydrogens is 300 g/mol. The fourth-order valence-corrected chi connectivity index (χ4v) is 3.78. The van der Waals surface area contributed by atoms with Gasteiger partial charge in [0.05, 0.1) is 0 Å². The number of hydrogen-bond acceptors (Lipinski definition) is 4. The molecule has 24 heavy (non-hydrogen) atoms. The van der Waals surface area contributed by atoms with Crippen molar-refractivity contribution >= 4 is 11.6 Å². The Morgan fingerprint density at radius 2 is 1.83 bits per heavy atom. The topological polar surface area (TPSA) is 38.8 Å². The van der Waals surface area contributed by atoms with E-state index in [1.807, 2.05) is 14.1 Å². The summed E-state index contributed by atoms with van der Waals surface area (Å²) in [5.74, 6) is 0.277. The lowest BCUT2D eigenvalue weighted by Crippen LogP contribution is -2.54. The van der Waals surface area contributed by atoms with Gasteiger partial charge in [-0.1, -0.05) is 12.1 Å². The highest BCUT2D eigenvalue weighted by Gasteiger charge is 2.35. The van der Waals surface area contributed by atoms with Crippen molar-refractivity contribution in [1.82, 2.24) is 15.1 Å². The lowest BCUT2D eigenvalue weighted by Gasteiger charge is -2.40. The van der Waals surface area contributed by atoms with Gasteiger partial charge in [-0.15, -0.1) is 0 Å². The van der Waals surface area contributed by atoms with Gasteiger partial charge in [0, 0.05) is 58.5 Å². The molecule has 3 rings (SSSR count). The van der Waals surface area contributed by atoms with E-state index in [0.29, 0.717) is 6.04 Å². The third-order valence-electron chi connectivity index (χ3n) is 5.26. The van der Waals surface area contributed by atoms with E-state index in [9.17, 15) is 4.79 Å². The zero-order valence-corrected chi connectivity index (χ0v) is 15.2. The number of nitrogens with zero attached hydrogens (tertiary/aromatic N) is 3. The Bertz CT molecular complexity index is 551. The summed E-state index contributed by atoms with van der Waals surface area (Å²) >= 11 is 0. The Hall–Kier alpha value is -1.59. The maximum Gasteiger partial charge on any atom is 0.244 e. The summed E-state index contributed by atoms with van der Waals surface area (Å²) in [6.45, 7) is 6.84. The van der Waals surface area contributed by atoms with Gasteiger partial charge in [0.1, 0.15) is 6.04 Å². The molecule has 1 amide bonds. The number of rotatable bonds is 4. The molecule has 2 heterocycles. The Morgan fingerprint density at radius 3 is 2.42 bits per heavy atom. The van der Waals surface area contributed by atoms with Crippen molar-refractivity contribution in [1.29, 1.82) is 0 Å². The monoisotopic (exact) mass is 330 g/mol. The van der Waals surface area contributed by atoms with Gasteiger partial charge < -0.3 is 15.1 Å². The molecule has 5 heteroatoms. The minimum atomic E-state index is -0.156. The molecule has 132 valence electrons. The molecular formula is C19H30N4O. The van der Waals surface area contributed by atoms with Crippen molar-refractivity contribution in [2.24, 2.45) is 0 Å². The molecule has 0 saturated carbocycles. The predicted octanol–water partition coefficient (Wildman–Crippen LogP) is 1.71. The van der Waals surface area contributed by atoms with Gasteiger partial charge >= 0.3 is 0 Å². The van der Waals surface area contributed by atoms with Crippen LogP contribution in [0.4, 0.5) is 5.69 Å². The van der Waals surface area contributed by atoms with Crippen molar-refractivity contribution in [2.45, 2.75) is 31.8 Å². The molecule has 0 radical (unpaired) electrons. The number of nitrogens with one attached hydrogen (secondary N) is 1. The third-order valence-corrected chi connectivity index (χ3v) is 5.26. The van der Waals surface area contributed by atoms with Gasteiger partial charge in [-0.3, -0.25) is 9.69 Å². The highest BCUT2D eigenvalue weighted by atomic mass is 16.2. The molecule has 5 nitrogen and oxygen atoms in total. The van der Waals surface area contributed by atoms with Crippen LogP contribution in [-0.4, -0.2) is 68.6 Å². The minimum absolute atomic E-state index is 0.156. The van der Waals surface area contributed by atoms with Crippen LogP contribution < -0.4 is 10.2 Å². The SMILES string of the molecule is CC1CNCCN1C(C(=O)N1CCCC1)c1ccc(N(C)C)cc1. The molecule has 0 aromatic heterocycles. The summed E-state index contributed by atoms with van der Waals surface area (Å²) in [5, 5.41) is 3.43. The number of benzene rings is 1. The Balaban J connectivity index is 1.89. The predicted molar refractivity (Wildman–Crippen MR) is 98.4 cm³/mol. The Morgan fingerprint density at radius 1 is 1.17 bits per heavy atom. The van der Waals surface area contributed by atoms with Crippen LogP contribution in [0.25, 0.3) is 0 Å². The van der Waals surface area contributed by atoms with Crippen LogP contribution in [0, 0.1) is 0 Å². The third kappa shape index (κ3) is 3.57. The van der Waals surface area contributed by atoms with E-state index in [0.717, 1.165) is 51.1 Å². The molecule has 2 unspecified atom stereocenters. The van der Waals surface area contributed by atoms with Gasteiger partial charge in [0.2, 0.25) is 5.91 Å². The van der Waals surface area contributed by atoms with Crippen LogP contribution >= 0.6 is 0 Å². The maximum absolute atomic E-state index is 13.3. The van der Waals surface area contributed by atoms with Gasteiger partial charge in [-0.2, -0.15) is 0 Å². The van der Waals surface area contributed by atoms with Crippen LogP contribution in [0.15, 0.2) is 24.3 Å². The van der Waals surface area contributed by atoms with Crippen molar-refractivity contribution < 1.29 is 4.79 Å². The van der Waals surface area contributed by atoms with E-state index in [-0.39, 0.29) is 11.9 Å². The Kier molecular flexibility index (Phi) is 5.41. The summed E-state index contributed by atoms with van der Waals surface area (Å²) < 4.78 is 0. The van der Waals surface area contributed by atoms with Crippen molar-refractivity contribution in [3.8, 4) is 0 Å². The van der Waals surface area contributed by atoms with Crippen LogP contribution in [0.2, 0.25) is 0 Å². The first-order chi connectivity index (χ1) is 11.6. The van der Waals surface area contributed by atoms with Crippen molar-refractivity contribution in [3.63, 3.8) is 0 Å². The van der Waals surface area contributed by atoms with E-state index >= 15 is 0 Å². The second-order valence-corrected chi connectivity index (χ2v) is 7.21. The molecule has 1 aromatic carbocycles. The first kappa shape index (κ1) is 17.2. The molecule has 2 fully saturated rings. The number of likely N-dealkylation sites (tertiary alicyclic amines) is 1. The number of amides is 1. The lowest BCUT2D eigenvalue weighted by atomic mass is 10.00. The number of hydrogen-bond donors (Lipinski definition) is 1. The fraction of sp³-hybridized carbons (Fsp3) is 0.632. The number of carbonyl (C=O) groups excluding carboxylic acids is 1. The maximum atomic E-state index is 13.3. The van der Waals surface area contributed by atoms with E-state index in [1.54, 1.807) is 0 Å². The van der Waals surface area contributed by atoms with Crippen LogP contribution in [0.5, 0.6) is 0 Å². The quantitative estimate of drug-likeness (QED) is 0.912. The molecule has 2 aliphatic heterocycles. The second kappa shape index (κ2) is 7.53. The summed E-state index contributed by atoms with van der Waals surface area (Å²) in [7, 11) is 4.08. The van der Waals surface area contributed by atoms with Gasteiger partial charge in [-0.05, 0) is 37.5 Å². The molecule has 0 bridgehead atoms. The Labute approximate surface area is 145 Å². The summed E-state index contributed by atoms with van der Waals surface area (Å²) in [5.41, 5.74) is 2.28. The molecule has 2 aliphatic rings. The average Bonchev–Trinajstić information content (AvgIpc) is 3.12. The summed E-state index contributed by atoms with van der Waals surface area (Å²) in [6.07, 6.45) is 2.27. The zero-order valence-electron chi connectivity index (χ0n) is 15.2. The number of piperazine rings is 1. The summed E-state index contributed by atoms with van der Waals surface area (Å²) in [6, 6.07) is 8.70. The van der Waals surface area contributed by atoms with Gasteiger partial charge in [0.25, 0.3) is 0 Å². The van der Waals surface area contributed by atoms with Gasteiger partial charge in [0.15, 0.2) is 0 Å². The minimum Gasteiger partial charge on any atom is -0.378 e. The lowest BCUT2D eigenvalue weighted by molar-refractivity contribution is -0.137. The highest BCUT2D eigenvalue weighted by Crippen LogP contribution is 2.29. The molecule has 2 atom stereocenters. The van der Waals surface area contributed by atoms with E-state index < -0.39 is 0 Å². The normalized spacial score (nSPS) is 23.3. The first-order valence-electron chi connectivity index (χ1n) is 9.10. The number of anilines is 1. The molecule has 1 aromatic rings. The van der Waals surface area contributed by atoms with Crippen LogP contribution in [-0.2, 0) is 4.79 Å². The summed E-state index contributed by atoms with van der Waals surface area (Å²) in [4.78, 5) is 19.8. The molecule has 1 N–H and O–H groups in total. The van der Waals surface area contributed by atoms with Crippen LogP contribution in [0.1, 0.15) is 31.4 Å². The van der Waals surface area contributed by atoms with E-state index in [4.69, 9.17) is 0 Å². The molecule has 0 spiro atoms. The highest BCUT2D eigenvalue weighted by molar-refractivity contribution is 5.83. The second-order valence-electron chi connectivity index (χ2n) is 7.21. The smallest absolute Gasteiger partial charge is 0.244 e.